The molecule has 2 amide bonds. The number of urea groups is 1. The van der Waals surface area contributed by atoms with Gasteiger partial charge in [-0.05, 0) is 33.0 Å². The Hall–Kier alpha value is -2.00. The van der Waals surface area contributed by atoms with Gasteiger partial charge in [0.25, 0.3) is 0 Å². The second-order valence-electron chi connectivity index (χ2n) is 6.45. The van der Waals surface area contributed by atoms with Crippen LogP contribution in [0.4, 0.5) is 4.79 Å². The molecule has 140 valence electrons. The highest BCUT2D eigenvalue weighted by molar-refractivity contribution is 7.89. The lowest BCUT2D eigenvalue weighted by atomic mass is 10.1. The molecule has 2 rings (SSSR count). The van der Waals surface area contributed by atoms with Crippen LogP contribution < -0.4 is 19.5 Å². The number of hydrogen-bond donors (Lipinski definition) is 2. The van der Waals surface area contributed by atoms with Gasteiger partial charge < -0.3 is 19.7 Å². The van der Waals surface area contributed by atoms with Gasteiger partial charge in [0.2, 0.25) is 10.0 Å². The van der Waals surface area contributed by atoms with Crippen LogP contribution in [-0.4, -0.2) is 57.9 Å². The Labute approximate surface area is 148 Å². The first-order valence-electron chi connectivity index (χ1n) is 7.96. The first kappa shape index (κ1) is 19.3. The van der Waals surface area contributed by atoms with Crippen molar-refractivity contribution in [2.45, 2.75) is 26.0 Å². The number of hydrogen-bond acceptors (Lipinski definition) is 5. The van der Waals surface area contributed by atoms with Crippen LogP contribution in [-0.2, 0) is 16.6 Å². The maximum absolute atomic E-state index is 12.5. The van der Waals surface area contributed by atoms with Crippen molar-refractivity contribution in [3.05, 3.63) is 23.8 Å². The standard InChI is InChI=1S/C16H25N3O5S/c1-16(2)11-19(15(20)18-7-8-25(21,22)17-3)10-12-5-6-13(23-4)9-14(12)24-16/h5-6,9,17H,7-8,10-11H2,1-4H3,(H,18,20). The van der Waals surface area contributed by atoms with Crippen molar-refractivity contribution in [2.24, 2.45) is 0 Å². The van der Waals surface area contributed by atoms with E-state index in [0.717, 1.165) is 5.56 Å². The summed E-state index contributed by atoms with van der Waals surface area (Å²) >= 11 is 0. The van der Waals surface area contributed by atoms with E-state index in [1.807, 2.05) is 26.0 Å². The second kappa shape index (κ2) is 7.49. The molecular formula is C16H25N3O5S. The van der Waals surface area contributed by atoms with Crippen molar-refractivity contribution < 1.29 is 22.7 Å². The normalized spacial score (nSPS) is 16.4. The van der Waals surface area contributed by atoms with Crippen LogP contribution in [0.25, 0.3) is 0 Å². The molecule has 0 radical (unpaired) electrons. The molecule has 25 heavy (non-hydrogen) atoms. The zero-order valence-corrected chi connectivity index (χ0v) is 15.8. The number of rotatable bonds is 5. The van der Waals surface area contributed by atoms with Gasteiger partial charge in [-0.1, -0.05) is 0 Å². The van der Waals surface area contributed by atoms with Gasteiger partial charge in [0, 0.05) is 18.2 Å². The molecule has 0 saturated carbocycles. The molecule has 0 spiro atoms. The molecule has 8 nitrogen and oxygen atoms in total. The maximum Gasteiger partial charge on any atom is 0.317 e. The molecule has 0 saturated heterocycles. The van der Waals surface area contributed by atoms with E-state index in [1.165, 1.54) is 7.05 Å². The minimum absolute atomic E-state index is 0.0370. The van der Waals surface area contributed by atoms with Crippen molar-refractivity contribution in [3.8, 4) is 11.5 Å². The molecule has 0 bridgehead atoms. The van der Waals surface area contributed by atoms with Crippen LogP contribution in [0.2, 0.25) is 0 Å². The third-order valence-corrected chi connectivity index (χ3v) is 5.20. The molecule has 1 aromatic rings. The number of sulfonamides is 1. The molecule has 9 heteroatoms. The highest BCUT2D eigenvalue weighted by Crippen LogP contribution is 2.32. The average Bonchev–Trinajstić information content (AvgIpc) is 2.68. The summed E-state index contributed by atoms with van der Waals surface area (Å²) in [5, 5.41) is 2.65. The number of fused-ring (bicyclic) bond motifs is 1. The van der Waals surface area contributed by atoms with E-state index in [1.54, 1.807) is 18.1 Å². The molecule has 0 aromatic heterocycles. The first-order chi connectivity index (χ1) is 11.7. The third kappa shape index (κ3) is 5.23. The van der Waals surface area contributed by atoms with Crippen molar-refractivity contribution in [1.29, 1.82) is 0 Å². The number of methoxy groups -OCH3 is 1. The quantitative estimate of drug-likeness (QED) is 0.802. The average molecular weight is 371 g/mol. The van der Waals surface area contributed by atoms with Crippen molar-refractivity contribution in [1.82, 2.24) is 14.9 Å². The Kier molecular flexibility index (Phi) is 5.79. The predicted octanol–water partition coefficient (Wildman–Crippen LogP) is 0.927. The van der Waals surface area contributed by atoms with Gasteiger partial charge in [-0.25, -0.2) is 17.9 Å². The number of benzene rings is 1. The number of ether oxygens (including phenoxy) is 2. The topological polar surface area (TPSA) is 97.0 Å². The number of nitrogens with zero attached hydrogens (tertiary/aromatic N) is 1. The summed E-state index contributed by atoms with van der Waals surface area (Å²) in [6.45, 7) is 4.57. The van der Waals surface area contributed by atoms with Crippen molar-refractivity contribution in [3.63, 3.8) is 0 Å². The minimum atomic E-state index is -3.35. The van der Waals surface area contributed by atoms with Crippen LogP contribution in [0.3, 0.4) is 0 Å². The van der Waals surface area contributed by atoms with Gasteiger partial charge in [0.15, 0.2) is 0 Å². The van der Waals surface area contributed by atoms with Crippen LogP contribution in [0, 0.1) is 0 Å². The summed E-state index contributed by atoms with van der Waals surface area (Å²) in [6.07, 6.45) is 0. The van der Waals surface area contributed by atoms with E-state index in [4.69, 9.17) is 9.47 Å². The Balaban J connectivity index is 2.11. The molecule has 0 aliphatic carbocycles. The van der Waals surface area contributed by atoms with E-state index in [0.29, 0.717) is 24.6 Å². The monoisotopic (exact) mass is 371 g/mol. The number of carbonyl (C=O) groups is 1. The first-order valence-corrected chi connectivity index (χ1v) is 9.61. The summed E-state index contributed by atoms with van der Waals surface area (Å²) in [5.74, 6) is 1.19. The molecule has 1 aliphatic heterocycles. The minimum Gasteiger partial charge on any atom is -0.497 e. The van der Waals surface area contributed by atoms with E-state index in [9.17, 15) is 13.2 Å². The van der Waals surface area contributed by atoms with Gasteiger partial charge in [0.05, 0.1) is 26.0 Å². The Morgan fingerprint density at radius 3 is 2.76 bits per heavy atom. The maximum atomic E-state index is 12.5. The Morgan fingerprint density at radius 2 is 2.12 bits per heavy atom. The van der Waals surface area contributed by atoms with Crippen LogP contribution in [0.15, 0.2) is 18.2 Å². The summed E-state index contributed by atoms with van der Waals surface area (Å²) in [6, 6.07) is 5.15. The highest BCUT2D eigenvalue weighted by atomic mass is 32.2. The Bertz CT molecular complexity index is 733. The van der Waals surface area contributed by atoms with Gasteiger partial charge in [-0.2, -0.15) is 0 Å². The third-order valence-electron chi connectivity index (χ3n) is 3.84. The number of amides is 2. The van der Waals surface area contributed by atoms with Crippen LogP contribution in [0.1, 0.15) is 19.4 Å². The molecule has 0 unspecified atom stereocenters. The van der Waals surface area contributed by atoms with E-state index in [2.05, 4.69) is 10.0 Å². The second-order valence-corrected chi connectivity index (χ2v) is 8.49. The molecule has 1 heterocycles. The van der Waals surface area contributed by atoms with Gasteiger partial charge >= 0.3 is 6.03 Å². The van der Waals surface area contributed by atoms with Crippen LogP contribution >= 0.6 is 0 Å². The lowest BCUT2D eigenvalue weighted by Gasteiger charge is -2.29. The SMILES string of the molecule is CNS(=O)(=O)CCNC(=O)N1Cc2ccc(OC)cc2OC(C)(C)C1. The smallest absolute Gasteiger partial charge is 0.317 e. The summed E-state index contributed by atoms with van der Waals surface area (Å²) in [7, 11) is -0.424. The fraction of sp³-hybridized carbons (Fsp3) is 0.562. The molecule has 0 fully saturated rings. The number of carbonyl (C=O) groups excluding carboxylic acids is 1. The molecule has 1 aromatic carbocycles. The summed E-state index contributed by atoms with van der Waals surface area (Å²) in [4.78, 5) is 14.1. The molecular weight excluding hydrogens is 346 g/mol. The van der Waals surface area contributed by atoms with E-state index >= 15 is 0 Å². The fourth-order valence-corrected chi connectivity index (χ4v) is 3.16. The van der Waals surface area contributed by atoms with E-state index in [-0.39, 0.29) is 18.3 Å². The van der Waals surface area contributed by atoms with E-state index < -0.39 is 15.6 Å². The highest BCUT2D eigenvalue weighted by Gasteiger charge is 2.31. The van der Waals surface area contributed by atoms with Crippen molar-refractivity contribution >= 4 is 16.1 Å². The summed E-state index contributed by atoms with van der Waals surface area (Å²) in [5.41, 5.74) is 0.274. The largest absolute Gasteiger partial charge is 0.497 e. The molecule has 1 aliphatic rings. The zero-order chi connectivity index (χ0) is 18.7. The molecule has 0 atom stereocenters. The number of nitrogens with one attached hydrogen (secondary N) is 2. The van der Waals surface area contributed by atoms with Gasteiger partial charge in [-0.15, -0.1) is 0 Å². The predicted molar refractivity (Wildman–Crippen MR) is 94.4 cm³/mol. The lowest BCUT2D eigenvalue weighted by Crippen LogP contribution is -2.48. The Morgan fingerprint density at radius 1 is 1.40 bits per heavy atom. The summed E-state index contributed by atoms with van der Waals surface area (Å²) < 4.78 is 36.3. The lowest BCUT2D eigenvalue weighted by molar-refractivity contribution is 0.0807. The fourth-order valence-electron chi connectivity index (χ4n) is 2.59. The molecule has 2 N–H and O–H groups in total. The van der Waals surface area contributed by atoms with Gasteiger partial charge in [-0.3, -0.25) is 0 Å². The zero-order valence-electron chi connectivity index (χ0n) is 15.0. The van der Waals surface area contributed by atoms with Crippen LogP contribution in [0.5, 0.6) is 11.5 Å². The van der Waals surface area contributed by atoms with Gasteiger partial charge in [0.1, 0.15) is 17.1 Å². The van der Waals surface area contributed by atoms with Crippen molar-refractivity contribution in [2.75, 3.05) is 33.0 Å².